The SMILES string of the molecule is CC1=NC(CCCc2ccccc2)N(N2CCN(C(=O)OC(C)(C)C)CC2)O1. The number of hydrogen-bond acceptors (Lipinski definition) is 6. The second kappa shape index (κ2) is 8.92. The Labute approximate surface area is 167 Å². The van der Waals surface area contributed by atoms with Crippen molar-refractivity contribution in [2.24, 2.45) is 4.99 Å². The van der Waals surface area contributed by atoms with Gasteiger partial charge in [-0.05, 0) is 50.8 Å². The molecule has 7 nitrogen and oxygen atoms in total. The Hall–Kier alpha value is -2.12. The summed E-state index contributed by atoms with van der Waals surface area (Å²) in [4.78, 5) is 24.5. The van der Waals surface area contributed by atoms with Crippen molar-refractivity contribution in [1.82, 2.24) is 15.1 Å². The highest BCUT2D eigenvalue weighted by Crippen LogP contribution is 2.22. The molecule has 0 saturated carbocycles. The highest BCUT2D eigenvalue weighted by Gasteiger charge is 2.35. The topological polar surface area (TPSA) is 57.6 Å². The summed E-state index contributed by atoms with van der Waals surface area (Å²) in [7, 11) is 0. The lowest BCUT2D eigenvalue weighted by molar-refractivity contribution is -0.249. The standard InChI is InChI=1S/C21H32N4O3/c1-17-22-19(12-8-11-18-9-6-5-7-10-18)25(28-17)24-15-13-23(14-16-24)20(26)27-21(2,3)4/h5-7,9-10,19H,8,11-16H2,1-4H3. The Morgan fingerprint density at radius 3 is 2.50 bits per heavy atom. The van der Waals surface area contributed by atoms with Crippen LogP contribution in [0.25, 0.3) is 0 Å². The van der Waals surface area contributed by atoms with E-state index in [1.54, 1.807) is 4.90 Å². The van der Waals surface area contributed by atoms with Crippen LogP contribution in [0.1, 0.15) is 46.1 Å². The molecule has 1 unspecified atom stereocenters. The van der Waals surface area contributed by atoms with E-state index in [4.69, 9.17) is 9.57 Å². The lowest BCUT2D eigenvalue weighted by Crippen LogP contribution is -2.56. The third-order valence-corrected chi connectivity index (χ3v) is 4.77. The molecule has 2 aliphatic rings. The number of amides is 1. The minimum atomic E-state index is -0.471. The van der Waals surface area contributed by atoms with E-state index in [2.05, 4.69) is 34.3 Å². The molecule has 1 amide bonds. The van der Waals surface area contributed by atoms with Crippen molar-refractivity contribution < 1.29 is 14.4 Å². The maximum absolute atomic E-state index is 12.3. The molecule has 0 aromatic heterocycles. The monoisotopic (exact) mass is 388 g/mol. The largest absolute Gasteiger partial charge is 0.444 e. The number of piperazine rings is 1. The third kappa shape index (κ3) is 5.69. The first-order chi connectivity index (χ1) is 13.3. The van der Waals surface area contributed by atoms with Crippen LogP contribution >= 0.6 is 0 Å². The molecule has 1 fully saturated rings. The van der Waals surface area contributed by atoms with Gasteiger partial charge in [-0.1, -0.05) is 30.3 Å². The van der Waals surface area contributed by atoms with Crippen molar-refractivity contribution in [3.63, 3.8) is 0 Å². The van der Waals surface area contributed by atoms with Crippen molar-refractivity contribution in [2.45, 2.75) is 58.7 Å². The normalized spacial score (nSPS) is 21.4. The van der Waals surface area contributed by atoms with E-state index in [-0.39, 0.29) is 12.3 Å². The van der Waals surface area contributed by atoms with Crippen LogP contribution in [-0.2, 0) is 16.0 Å². The van der Waals surface area contributed by atoms with Gasteiger partial charge in [0.25, 0.3) is 0 Å². The van der Waals surface area contributed by atoms with Crippen molar-refractivity contribution in [3.05, 3.63) is 35.9 Å². The van der Waals surface area contributed by atoms with Crippen LogP contribution in [0.4, 0.5) is 4.79 Å². The number of carbonyl (C=O) groups excluding carboxylic acids is 1. The zero-order valence-electron chi connectivity index (χ0n) is 17.4. The quantitative estimate of drug-likeness (QED) is 0.773. The van der Waals surface area contributed by atoms with E-state index in [0.717, 1.165) is 19.3 Å². The number of hydroxylamine groups is 1. The fourth-order valence-corrected chi connectivity index (χ4v) is 3.44. The number of ether oxygens (including phenoxy) is 1. The van der Waals surface area contributed by atoms with Crippen LogP contribution in [0.3, 0.4) is 0 Å². The molecule has 0 aliphatic carbocycles. The van der Waals surface area contributed by atoms with Crippen LogP contribution in [0.5, 0.6) is 0 Å². The lowest BCUT2D eigenvalue weighted by Gasteiger charge is -2.39. The molecule has 0 bridgehead atoms. The first-order valence-electron chi connectivity index (χ1n) is 10.1. The van der Waals surface area contributed by atoms with E-state index in [1.807, 2.05) is 38.9 Å². The Kier molecular flexibility index (Phi) is 6.57. The first kappa shape index (κ1) is 20.6. The molecule has 3 rings (SSSR count). The predicted molar refractivity (Wildman–Crippen MR) is 109 cm³/mol. The van der Waals surface area contributed by atoms with Crippen molar-refractivity contribution in [1.29, 1.82) is 0 Å². The van der Waals surface area contributed by atoms with Crippen LogP contribution in [-0.4, -0.2) is 65.0 Å². The number of aliphatic imine (C=N–C) groups is 1. The molecular formula is C21H32N4O3. The van der Waals surface area contributed by atoms with E-state index >= 15 is 0 Å². The van der Waals surface area contributed by atoms with Gasteiger partial charge in [0.1, 0.15) is 5.60 Å². The molecule has 1 saturated heterocycles. The lowest BCUT2D eigenvalue weighted by atomic mass is 10.1. The van der Waals surface area contributed by atoms with Gasteiger partial charge < -0.3 is 14.5 Å². The van der Waals surface area contributed by atoms with Gasteiger partial charge in [0.2, 0.25) is 5.90 Å². The molecule has 1 aromatic rings. The summed E-state index contributed by atoms with van der Waals surface area (Å²) in [6.07, 6.45) is 2.76. The summed E-state index contributed by atoms with van der Waals surface area (Å²) in [5.74, 6) is 0.694. The zero-order valence-corrected chi connectivity index (χ0v) is 17.4. The van der Waals surface area contributed by atoms with E-state index < -0.39 is 5.60 Å². The van der Waals surface area contributed by atoms with Gasteiger partial charge in [-0.2, -0.15) is 0 Å². The number of aryl methyl sites for hydroxylation is 1. The fourth-order valence-electron chi connectivity index (χ4n) is 3.44. The summed E-state index contributed by atoms with van der Waals surface area (Å²) in [5, 5.41) is 4.04. The highest BCUT2D eigenvalue weighted by molar-refractivity contribution is 5.74. The highest BCUT2D eigenvalue weighted by atomic mass is 16.7. The fraction of sp³-hybridized carbons (Fsp3) is 0.619. The molecule has 1 atom stereocenters. The number of hydrazine groups is 1. The number of benzene rings is 1. The van der Waals surface area contributed by atoms with Crippen LogP contribution in [0, 0.1) is 0 Å². The van der Waals surface area contributed by atoms with Crippen LogP contribution in [0.2, 0.25) is 0 Å². The number of nitrogens with zero attached hydrogens (tertiary/aromatic N) is 4. The molecule has 2 heterocycles. The smallest absolute Gasteiger partial charge is 0.410 e. The van der Waals surface area contributed by atoms with Gasteiger partial charge >= 0.3 is 6.09 Å². The molecule has 154 valence electrons. The number of hydrogen-bond donors (Lipinski definition) is 0. The van der Waals surface area contributed by atoms with E-state index in [0.29, 0.717) is 32.1 Å². The molecule has 1 aromatic carbocycles. The molecule has 28 heavy (non-hydrogen) atoms. The third-order valence-electron chi connectivity index (χ3n) is 4.77. The van der Waals surface area contributed by atoms with Gasteiger partial charge in [-0.3, -0.25) is 0 Å². The zero-order chi connectivity index (χ0) is 20.1. The van der Waals surface area contributed by atoms with E-state index in [9.17, 15) is 4.79 Å². The molecule has 0 spiro atoms. The van der Waals surface area contributed by atoms with Crippen LogP contribution in [0.15, 0.2) is 35.3 Å². The second-order valence-electron chi connectivity index (χ2n) is 8.32. The minimum absolute atomic E-state index is 0.00297. The molecule has 7 heteroatoms. The maximum Gasteiger partial charge on any atom is 0.410 e. The van der Waals surface area contributed by atoms with Gasteiger partial charge in [0.05, 0.1) is 0 Å². The first-order valence-corrected chi connectivity index (χ1v) is 10.1. The van der Waals surface area contributed by atoms with Crippen molar-refractivity contribution in [3.8, 4) is 0 Å². The summed E-state index contributed by atoms with van der Waals surface area (Å²) < 4.78 is 5.47. The Morgan fingerprint density at radius 1 is 1.18 bits per heavy atom. The molecule has 0 N–H and O–H groups in total. The number of carbonyl (C=O) groups is 1. The Morgan fingerprint density at radius 2 is 1.86 bits per heavy atom. The minimum Gasteiger partial charge on any atom is -0.444 e. The van der Waals surface area contributed by atoms with Crippen molar-refractivity contribution >= 4 is 12.0 Å². The van der Waals surface area contributed by atoms with Gasteiger partial charge in [0.15, 0.2) is 6.17 Å². The van der Waals surface area contributed by atoms with Gasteiger partial charge in [0, 0.05) is 33.1 Å². The maximum atomic E-state index is 12.3. The average molecular weight is 389 g/mol. The predicted octanol–water partition coefficient (Wildman–Crippen LogP) is 3.47. The summed E-state index contributed by atoms with van der Waals surface area (Å²) in [6.45, 7) is 10.2. The number of rotatable bonds is 5. The molecule has 0 radical (unpaired) electrons. The summed E-state index contributed by atoms with van der Waals surface area (Å²) in [5.41, 5.74) is 0.876. The Balaban J connectivity index is 1.48. The van der Waals surface area contributed by atoms with Crippen molar-refractivity contribution in [2.75, 3.05) is 26.2 Å². The average Bonchev–Trinajstić information content (AvgIpc) is 3.02. The van der Waals surface area contributed by atoms with E-state index in [1.165, 1.54) is 5.56 Å². The Bertz CT molecular complexity index is 679. The summed E-state index contributed by atoms with van der Waals surface area (Å²) >= 11 is 0. The van der Waals surface area contributed by atoms with Gasteiger partial charge in [-0.25, -0.2) is 14.8 Å². The molecule has 2 aliphatic heterocycles. The second-order valence-corrected chi connectivity index (χ2v) is 8.32. The molecular weight excluding hydrogens is 356 g/mol. The summed E-state index contributed by atoms with van der Waals surface area (Å²) in [6, 6.07) is 10.5. The van der Waals surface area contributed by atoms with Gasteiger partial charge in [-0.15, -0.1) is 0 Å². The van der Waals surface area contributed by atoms with Crippen LogP contribution < -0.4 is 0 Å².